The molecule has 2 unspecified atom stereocenters. The van der Waals surface area contributed by atoms with E-state index in [9.17, 15) is 43.2 Å². The van der Waals surface area contributed by atoms with Gasteiger partial charge in [0, 0.05) is 25.7 Å². The molecule has 576 valence electrons. The summed E-state index contributed by atoms with van der Waals surface area (Å²) in [5, 5.41) is 10.6. The minimum absolute atomic E-state index is 0.108. The molecular formula is C78H152O17P2. The molecule has 0 amide bonds. The van der Waals surface area contributed by atoms with Crippen LogP contribution < -0.4 is 0 Å². The predicted octanol–water partition coefficient (Wildman–Crippen LogP) is 23.3. The zero-order valence-corrected chi connectivity index (χ0v) is 65.0. The summed E-state index contributed by atoms with van der Waals surface area (Å²) in [6.07, 6.45) is 61.0. The Morgan fingerprint density at radius 2 is 0.474 bits per heavy atom. The summed E-state index contributed by atoms with van der Waals surface area (Å²) in [7, 11) is -9.91. The highest BCUT2D eigenvalue weighted by molar-refractivity contribution is 7.47. The van der Waals surface area contributed by atoms with Crippen molar-refractivity contribution in [3.63, 3.8) is 0 Å². The summed E-state index contributed by atoms with van der Waals surface area (Å²) >= 11 is 0. The minimum Gasteiger partial charge on any atom is -0.462 e. The zero-order chi connectivity index (χ0) is 71.2. The number of hydrogen-bond donors (Lipinski definition) is 3. The van der Waals surface area contributed by atoms with Gasteiger partial charge in [0.15, 0.2) is 12.2 Å². The summed E-state index contributed by atoms with van der Waals surface area (Å²) in [4.78, 5) is 72.9. The van der Waals surface area contributed by atoms with E-state index in [1.165, 1.54) is 238 Å². The van der Waals surface area contributed by atoms with Gasteiger partial charge in [-0.2, -0.15) is 0 Å². The fourth-order valence-corrected chi connectivity index (χ4v) is 13.6. The molecule has 0 heterocycles. The second-order valence-corrected chi connectivity index (χ2v) is 31.5. The molecular weight excluding hydrogens is 1270 g/mol. The van der Waals surface area contributed by atoms with Gasteiger partial charge in [0.25, 0.3) is 0 Å². The van der Waals surface area contributed by atoms with Crippen LogP contribution in [-0.2, 0) is 65.4 Å². The van der Waals surface area contributed by atoms with Crippen molar-refractivity contribution in [3.8, 4) is 0 Å². The molecule has 17 nitrogen and oxygen atoms in total. The third-order valence-electron chi connectivity index (χ3n) is 18.3. The van der Waals surface area contributed by atoms with Crippen LogP contribution in [0.4, 0.5) is 0 Å². The molecule has 0 radical (unpaired) electrons. The number of hydrogen-bond acceptors (Lipinski definition) is 15. The largest absolute Gasteiger partial charge is 0.472 e. The van der Waals surface area contributed by atoms with Crippen LogP contribution in [0.15, 0.2) is 0 Å². The molecule has 0 rings (SSSR count). The van der Waals surface area contributed by atoms with E-state index >= 15 is 0 Å². The quantitative estimate of drug-likeness (QED) is 0.0222. The molecule has 0 bridgehead atoms. The first kappa shape index (κ1) is 95.1. The number of esters is 4. The summed E-state index contributed by atoms with van der Waals surface area (Å²) in [6.45, 7) is 7.31. The normalized spacial score (nSPS) is 13.9. The summed E-state index contributed by atoms with van der Waals surface area (Å²) in [6, 6.07) is 0. The second-order valence-electron chi connectivity index (χ2n) is 28.6. The Morgan fingerprint density at radius 3 is 0.701 bits per heavy atom. The lowest BCUT2D eigenvalue weighted by molar-refractivity contribution is -0.161. The third-order valence-corrected chi connectivity index (χ3v) is 20.2. The third kappa shape index (κ3) is 72.2. The lowest BCUT2D eigenvalue weighted by atomic mass is 10.0. The Balaban J connectivity index is 5.22. The van der Waals surface area contributed by atoms with Crippen LogP contribution in [0.3, 0.4) is 0 Å². The average Bonchev–Trinajstić information content (AvgIpc) is 1.48. The SMILES string of the molecule is CCCCCCCCCCCCCCCCCCCCCCC(=O)O[C@H](COC(=O)CCCCCCCCCCCCCCC(C)C)COP(=O)(O)OC[C@@H](O)COP(=O)(O)OC[C@@H](COC(=O)CCCCCCCCCCCCC)OC(=O)CCCCCCCCCCCCC. The smallest absolute Gasteiger partial charge is 0.462 e. The highest BCUT2D eigenvalue weighted by atomic mass is 31.2. The van der Waals surface area contributed by atoms with Crippen LogP contribution in [0.25, 0.3) is 0 Å². The number of unbranched alkanes of at least 4 members (excludes halogenated alkanes) is 50. The van der Waals surface area contributed by atoms with Crippen molar-refractivity contribution in [1.82, 2.24) is 0 Å². The fourth-order valence-electron chi connectivity index (χ4n) is 12.1. The number of carbonyl (C=O) groups is 4. The van der Waals surface area contributed by atoms with Gasteiger partial charge in [-0.3, -0.25) is 37.3 Å². The molecule has 0 aliphatic heterocycles. The summed E-state index contributed by atoms with van der Waals surface area (Å²) < 4.78 is 68.6. The van der Waals surface area contributed by atoms with Crippen LogP contribution in [0.1, 0.15) is 413 Å². The topological polar surface area (TPSA) is 237 Å². The van der Waals surface area contributed by atoms with Crippen LogP contribution in [0, 0.1) is 5.92 Å². The molecule has 19 heteroatoms. The van der Waals surface area contributed by atoms with E-state index in [1.807, 2.05) is 0 Å². The van der Waals surface area contributed by atoms with Gasteiger partial charge in [-0.1, -0.05) is 362 Å². The number of aliphatic hydroxyl groups is 1. The van der Waals surface area contributed by atoms with Gasteiger partial charge < -0.3 is 33.8 Å². The number of phosphoric acid groups is 2. The van der Waals surface area contributed by atoms with Crippen LogP contribution in [0.2, 0.25) is 0 Å². The van der Waals surface area contributed by atoms with E-state index in [0.717, 1.165) is 95.8 Å². The van der Waals surface area contributed by atoms with E-state index in [0.29, 0.717) is 25.7 Å². The Labute approximate surface area is 594 Å². The molecule has 0 aromatic heterocycles. The molecule has 0 spiro atoms. The Kier molecular flexibility index (Phi) is 69.6. The maximum Gasteiger partial charge on any atom is 0.472 e. The fraction of sp³-hybridized carbons (Fsp3) is 0.949. The zero-order valence-electron chi connectivity index (χ0n) is 63.2. The standard InChI is InChI=1S/C78H152O17P2/c1-6-9-12-15-18-21-24-25-26-27-28-29-30-31-32-39-44-49-54-59-64-78(83)95-74(68-89-76(81)62-57-52-47-42-38-34-33-37-40-45-50-55-60-71(4)5)70-93-97(86,87)91-66-72(79)65-90-96(84,85)92-69-73(94-77(82)63-58-53-48-43-36-23-20-17-14-11-8-3)67-88-75(80)61-56-51-46-41-35-22-19-16-13-10-7-2/h71-74,79H,6-70H2,1-5H3,(H,84,85)(H,86,87)/t72-,73+,74+/m0/s1. The van der Waals surface area contributed by atoms with Crippen molar-refractivity contribution in [2.75, 3.05) is 39.6 Å². The number of carbonyl (C=O) groups excluding carboxylic acids is 4. The number of rotatable bonds is 78. The maximum atomic E-state index is 13.1. The lowest BCUT2D eigenvalue weighted by Gasteiger charge is -2.21. The Hall–Kier alpha value is -1.94. The van der Waals surface area contributed by atoms with Gasteiger partial charge in [-0.25, -0.2) is 9.13 Å². The van der Waals surface area contributed by atoms with Gasteiger partial charge in [-0.05, 0) is 31.6 Å². The number of aliphatic hydroxyl groups excluding tert-OH is 1. The first-order chi connectivity index (χ1) is 47.0. The van der Waals surface area contributed by atoms with Gasteiger partial charge in [0.05, 0.1) is 26.4 Å². The van der Waals surface area contributed by atoms with E-state index in [-0.39, 0.29) is 25.7 Å². The lowest BCUT2D eigenvalue weighted by Crippen LogP contribution is -2.30. The second kappa shape index (κ2) is 71.1. The van der Waals surface area contributed by atoms with E-state index in [2.05, 4.69) is 34.6 Å². The van der Waals surface area contributed by atoms with Crippen LogP contribution >= 0.6 is 15.6 Å². The average molecular weight is 1420 g/mol. The van der Waals surface area contributed by atoms with Crippen LogP contribution in [-0.4, -0.2) is 96.7 Å². The molecule has 3 N–H and O–H groups in total. The minimum atomic E-state index is -4.96. The van der Waals surface area contributed by atoms with Gasteiger partial charge in [0.2, 0.25) is 0 Å². The van der Waals surface area contributed by atoms with Crippen molar-refractivity contribution < 1.29 is 80.2 Å². The monoisotopic (exact) mass is 1420 g/mol. The molecule has 5 atom stereocenters. The van der Waals surface area contributed by atoms with Crippen molar-refractivity contribution in [3.05, 3.63) is 0 Å². The van der Waals surface area contributed by atoms with Gasteiger partial charge in [0.1, 0.15) is 19.3 Å². The van der Waals surface area contributed by atoms with Crippen molar-refractivity contribution in [2.24, 2.45) is 5.92 Å². The van der Waals surface area contributed by atoms with Crippen molar-refractivity contribution in [1.29, 1.82) is 0 Å². The van der Waals surface area contributed by atoms with E-state index < -0.39 is 97.5 Å². The Bertz CT molecular complexity index is 1860. The predicted molar refractivity (Wildman–Crippen MR) is 395 cm³/mol. The van der Waals surface area contributed by atoms with Gasteiger partial charge in [-0.15, -0.1) is 0 Å². The van der Waals surface area contributed by atoms with E-state index in [4.69, 9.17) is 37.0 Å². The maximum absolute atomic E-state index is 13.1. The molecule has 97 heavy (non-hydrogen) atoms. The highest BCUT2D eigenvalue weighted by Gasteiger charge is 2.30. The van der Waals surface area contributed by atoms with Gasteiger partial charge >= 0.3 is 39.5 Å². The highest BCUT2D eigenvalue weighted by Crippen LogP contribution is 2.45. The molecule has 0 aromatic rings. The van der Waals surface area contributed by atoms with Crippen molar-refractivity contribution >= 4 is 39.5 Å². The number of phosphoric ester groups is 2. The summed E-state index contributed by atoms with van der Waals surface area (Å²) in [5.41, 5.74) is 0. The molecule has 0 fully saturated rings. The van der Waals surface area contributed by atoms with Crippen LogP contribution in [0.5, 0.6) is 0 Å². The first-order valence-electron chi connectivity index (χ1n) is 40.6. The Morgan fingerprint density at radius 1 is 0.278 bits per heavy atom. The molecule has 0 aliphatic rings. The van der Waals surface area contributed by atoms with E-state index in [1.54, 1.807) is 0 Å². The number of ether oxygens (including phenoxy) is 4. The molecule has 0 saturated carbocycles. The molecule has 0 aliphatic carbocycles. The summed E-state index contributed by atoms with van der Waals surface area (Å²) in [5.74, 6) is -1.33. The molecule has 0 saturated heterocycles. The first-order valence-corrected chi connectivity index (χ1v) is 43.6. The molecule has 0 aromatic carbocycles. The van der Waals surface area contributed by atoms with Crippen molar-refractivity contribution in [2.45, 2.75) is 432 Å².